The van der Waals surface area contributed by atoms with Gasteiger partial charge in [-0.1, -0.05) is 0 Å². The van der Waals surface area contributed by atoms with Crippen LogP contribution >= 0.6 is 0 Å². The van der Waals surface area contributed by atoms with Crippen LogP contribution in [0.1, 0.15) is 19.8 Å². The third-order valence-electron chi connectivity index (χ3n) is 3.81. The number of carbonyl (C=O) groups excluding carboxylic acids is 3. The van der Waals surface area contributed by atoms with Crippen LogP contribution in [-0.2, 0) is 19.4 Å². The number of rotatable bonds is 2. The van der Waals surface area contributed by atoms with Crippen molar-refractivity contribution in [3.05, 3.63) is 0 Å². The van der Waals surface area contributed by atoms with E-state index in [9.17, 15) is 22.8 Å². The summed E-state index contributed by atoms with van der Waals surface area (Å²) >= 11 is 0. The highest BCUT2D eigenvalue weighted by atomic mass is 32.2. The quantitative estimate of drug-likeness (QED) is 0.611. The maximum atomic E-state index is 12.2. The van der Waals surface area contributed by atoms with Crippen molar-refractivity contribution >= 4 is 27.7 Å². The Morgan fingerprint density at radius 2 is 2.05 bits per heavy atom. The molecule has 2 N–H and O–H groups in total. The van der Waals surface area contributed by atoms with E-state index in [0.717, 1.165) is 6.26 Å². The van der Waals surface area contributed by atoms with Crippen molar-refractivity contribution in [3.8, 4) is 0 Å². The summed E-state index contributed by atoms with van der Waals surface area (Å²) in [5.41, 5.74) is -1.12. The Kier molecular flexibility index (Phi) is 3.49. The number of hydrogen-bond acceptors (Lipinski definition) is 5. The van der Waals surface area contributed by atoms with E-state index in [1.165, 1.54) is 11.8 Å². The van der Waals surface area contributed by atoms with E-state index in [4.69, 9.17) is 0 Å². The lowest BCUT2D eigenvalue weighted by molar-refractivity contribution is -0.135. The van der Waals surface area contributed by atoms with Crippen LogP contribution in [0.2, 0.25) is 0 Å². The van der Waals surface area contributed by atoms with Crippen LogP contribution in [0.25, 0.3) is 0 Å². The predicted molar refractivity (Wildman–Crippen MR) is 69.5 cm³/mol. The summed E-state index contributed by atoms with van der Waals surface area (Å²) in [6.07, 6.45) is 1.96. The fraction of sp³-hybridized carbons (Fsp3) is 0.727. The molecule has 0 aromatic rings. The first kappa shape index (κ1) is 14.8. The van der Waals surface area contributed by atoms with Gasteiger partial charge >= 0.3 is 6.03 Å². The largest absolute Gasteiger partial charge is 0.339 e. The first-order chi connectivity index (χ1) is 9.16. The number of likely N-dealkylation sites (tertiary alicyclic amines) is 1. The minimum atomic E-state index is -3.49. The van der Waals surface area contributed by atoms with E-state index in [1.807, 2.05) is 0 Å². The second kappa shape index (κ2) is 4.72. The van der Waals surface area contributed by atoms with Crippen LogP contribution in [0, 0.1) is 0 Å². The zero-order valence-electron chi connectivity index (χ0n) is 11.3. The summed E-state index contributed by atoms with van der Waals surface area (Å²) in [7, 11) is -3.49. The Morgan fingerprint density at radius 1 is 1.40 bits per heavy atom. The molecule has 2 atom stereocenters. The topological polar surface area (TPSA) is 113 Å². The normalized spacial score (nSPS) is 28.2. The maximum Gasteiger partial charge on any atom is 0.322 e. The van der Waals surface area contributed by atoms with Crippen LogP contribution in [-0.4, -0.2) is 61.3 Å². The van der Waals surface area contributed by atoms with Crippen molar-refractivity contribution in [2.45, 2.75) is 30.6 Å². The number of nitrogens with zero attached hydrogens (tertiary/aromatic N) is 1. The molecule has 2 saturated heterocycles. The van der Waals surface area contributed by atoms with Gasteiger partial charge in [0.2, 0.25) is 5.91 Å². The zero-order chi connectivity index (χ0) is 15.1. The van der Waals surface area contributed by atoms with E-state index in [2.05, 4.69) is 10.6 Å². The van der Waals surface area contributed by atoms with Gasteiger partial charge in [-0.05, 0) is 19.8 Å². The molecule has 2 unspecified atom stereocenters. The number of piperidine rings is 1. The summed E-state index contributed by atoms with van der Waals surface area (Å²) in [5.74, 6) is -1.01. The monoisotopic (exact) mass is 303 g/mol. The SMILES string of the molecule is CC(C(=O)N1CCCC2(C1)NC(=O)NC2=O)S(C)(=O)=O. The van der Waals surface area contributed by atoms with Crippen molar-refractivity contribution in [3.63, 3.8) is 0 Å². The molecule has 2 heterocycles. The van der Waals surface area contributed by atoms with Crippen LogP contribution < -0.4 is 10.6 Å². The summed E-state index contributed by atoms with van der Waals surface area (Å²) in [4.78, 5) is 36.6. The van der Waals surface area contributed by atoms with Gasteiger partial charge in [-0.2, -0.15) is 0 Å². The second-order valence-corrected chi connectivity index (χ2v) is 7.69. The Balaban J connectivity index is 2.18. The summed E-state index contributed by atoms with van der Waals surface area (Å²) in [5, 5.41) is 3.53. The fourth-order valence-corrected chi connectivity index (χ4v) is 3.01. The lowest BCUT2D eigenvalue weighted by Gasteiger charge is -2.38. The molecule has 0 saturated carbocycles. The van der Waals surface area contributed by atoms with E-state index < -0.39 is 38.5 Å². The van der Waals surface area contributed by atoms with E-state index in [-0.39, 0.29) is 6.54 Å². The lowest BCUT2D eigenvalue weighted by Crippen LogP contribution is -2.61. The molecular formula is C11H17N3O5S. The Hall–Kier alpha value is -1.64. The molecule has 1 spiro atoms. The van der Waals surface area contributed by atoms with Crippen molar-refractivity contribution in [2.75, 3.05) is 19.3 Å². The molecule has 0 aromatic heterocycles. The van der Waals surface area contributed by atoms with Crippen LogP contribution in [0.5, 0.6) is 0 Å². The van der Waals surface area contributed by atoms with Crippen molar-refractivity contribution in [1.82, 2.24) is 15.5 Å². The fourth-order valence-electron chi connectivity index (χ4n) is 2.50. The van der Waals surface area contributed by atoms with Gasteiger partial charge < -0.3 is 10.2 Å². The Bertz CT molecular complexity index is 573. The van der Waals surface area contributed by atoms with E-state index in [0.29, 0.717) is 19.4 Å². The number of urea groups is 1. The molecule has 0 aromatic carbocycles. The molecule has 8 nitrogen and oxygen atoms in total. The van der Waals surface area contributed by atoms with E-state index >= 15 is 0 Å². The maximum absolute atomic E-state index is 12.2. The average molecular weight is 303 g/mol. The molecule has 9 heteroatoms. The van der Waals surface area contributed by atoms with Crippen LogP contribution in [0.4, 0.5) is 4.79 Å². The molecule has 2 rings (SSSR count). The van der Waals surface area contributed by atoms with Gasteiger partial charge in [-0.3, -0.25) is 14.9 Å². The van der Waals surface area contributed by atoms with Gasteiger partial charge in [0.25, 0.3) is 5.91 Å². The standard InChI is InChI=1S/C11H17N3O5S/c1-7(20(2,18)19)8(15)14-5-3-4-11(6-14)9(16)12-10(17)13-11/h7H,3-6H2,1-2H3,(H2,12,13,16,17). The summed E-state index contributed by atoms with van der Waals surface area (Å²) < 4.78 is 22.9. The highest BCUT2D eigenvalue weighted by Gasteiger charge is 2.50. The van der Waals surface area contributed by atoms with Crippen LogP contribution in [0.3, 0.4) is 0 Å². The van der Waals surface area contributed by atoms with Crippen molar-refractivity contribution in [1.29, 1.82) is 0 Å². The minimum Gasteiger partial charge on any atom is -0.339 e. The van der Waals surface area contributed by atoms with Gasteiger partial charge in [-0.15, -0.1) is 0 Å². The summed E-state index contributed by atoms with van der Waals surface area (Å²) in [6.45, 7) is 1.71. The number of nitrogens with one attached hydrogen (secondary N) is 2. The van der Waals surface area contributed by atoms with Gasteiger partial charge in [0, 0.05) is 12.8 Å². The van der Waals surface area contributed by atoms with Gasteiger partial charge in [0.1, 0.15) is 10.8 Å². The third-order valence-corrected chi connectivity index (χ3v) is 5.29. The summed E-state index contributed by atoms with van der Waals surface area (Å²) in [6, 6.07) is -0.583. The number of hydrogen-bond donors (Lipinski definition) is 2. The number of imide groups is 1. The van der Waals surface area contributed by atoms with Crippen molar-refractivity contribution in [2.24, 2.45) is 0 Å². The number of amides is 4. The first-order valence-electron chi connectivity index (χ1n) is 6.27. The first-order valence-corrected chi connectivity index (χ1v) is 8.22. The minimum absolute atomic E-state index is 0.00324. The number of carbonyl (C=O) groups is 3. The highest BCUT2D eigenvalue weighted by molar-refractivity contribution is 7.92. The molecule has 4 amide bonds. The predicted octanol–water partition coefficient (Wildman–Crippen LogP) is -1.38. The second-order valence-electron chi connectivity index (χ2n) is 5.33. The molecule has 2 fully saturated rings. The lowest BCUT2D eigenvalue weighted by atomic mass is 9.89. The molecule has 20 heavy (non-hydrogen) atoms. The van der Waals surface area contributed by atoms with Crippen LogP contribution in [0.15, 0.2) is 0 Å². The zero-order valence-corrected chi connectivity index (χ0v) is 12.1. The molecule has 0 bridgehead atoms. The van der Waals surface area contributed by atoms with E-state index in [1.54, 1.807) is 0 Å². The van der Waals surface area contributed by atoms with Gasteiger partial charge in [-0.25, -0.2) is 13.2 Å². The van der Waals surface area contributed by atoms with Gasteiger partial charge in [0.05, 0.1) is 6.54 Å². The van der Waals surface area contributed by atoms with Crippen molar-refractivity contribution < 1.29 is 22.8 Å². The molecule has 0 radical (unpaired) electrons. The molecule has 0 aliphatic carbocycles. The molecular weight excluding hydrogens is 286 g/mol. The Labute approximate surface area is 116 Å². The third kappa shape index (κ3) is 2.49. The number of sulfone groups is 1. The molecule has 2 aliphatic heterocycles. The molecule has 2 aliphatic rings. The molecule has 112 valence electrons. The van der Waals surface area contributed by atoms with Gasteiger partial charge in [0.15, 0.2) is 9.84 Å². The highest BCUT2D eigenvalue weighted by Crippen LogP contribution is 2.25. The average Bonchev–Trinajstić information content (AvgIpc) is 2.61. The smallest absolute Gasteiger partial charge is 0.322 e. The Morgan fingerprint density at radius 3 is 2.55 bits per heavy atom.